The number of nitrogens with zero attached hydrogens (tertiary/aromatic N) is 1. The Morgan fingerprint density at radius 2 is 1.77 bits per heavy atom. The van der Waals surface area contributed by atoms with Gasteiger partial charge in [0.25, 0.3) is 0 Å². The van der Waals surface area contributed by atoms with Gasteiger partial charge in [0.2, 0.25) is 0 Å². The van der Waals surface area contributed by atoms with Gasteiger partial charge in [-0.05, 0) is 11.6 Å². The van der Waals surface area contributed by atoms with E-state index >= 15 is 0 Å². The minimum atomic E-state index is -0.859. The van der Waals surface area contributed by atoms with E-state index in [2.05, 4.69) is 4.90 Å². The molecule has 3 nitrogen and oxygen atoms in total. The van der Waals surface area contributed by atoms with Crippen molar-refractivity contribution >= 4 is 0 Å². The molecule has 118 valence electrons. The van der Waals surface area contributed by atoms with Gasteiger partial charge in [-0.15, -0.1) is 0 Å². The lowest BCUT2D eigenvalue weighted by atomic mass is 10.1. The topological polar surface area (TPSA) is 32.7 Å². The number of aliphatic hydroxyl groups excluding tert-OH is 1. The summed E-state index contributed by atoms with van der Waals surface area (Å²) in [4.78, 5) is 2.07. The molecule has 2 aromatic rings. The third kappa shape index (κ3) is 4.91. The number of hydrogen-bond acceptors (Lipinski definition) is 3. The van der Waals surface area contributed by atoms with Crippen LogP contribution in [-0.2, 0) is 11.3 Å². The normalized spacial score (nSPS) is 12.5. The molecule has 0 bridgehead atoms. The van der Waals surface area contributed by atoms with E-state index in [1.54, 1.807) is 25.3 Å². The molecule has 22 heavy (non-hydrogen) atoms. The predicted octanol–water partition coefficient (Wildman–Crippen LogP) is 3.01. The van der Waals surface area contributed by atoms with Crippen molar-refractivity contribution in [1.29, 1.82) is 0 Å². The molecule has 0 saturated carbocycles. The average molecular weight is 303 g/mol. The molecule has 0 saturated heterocycles. The second-order valence-corrected chi connectivity index (χ2v) is 5.25. The standard InChI is InChI=1S/C18H22FNO2/c1-22-12-11-20(13-15-7-3-2-4-8-15)14-18(21)16-9-5-6-10-17(16)19/h2-10,18,21H,11-14H2,1H3. The summed E-state index contributed by atoms with van der Waals surface area (Å²) in [6, 6.07) is 16.4. The van der Waals surface area contributed by atoms with Crippen molar-refractivity contribution in [2.45, 2.75) is 12.6 Å². The van der Waals surface area contributed by atoms with Gasteiger partial charge in [0.1, 0.15) is 5.82 Å². The maximum Gasteiger partial charge on any atom is 0.129 e. The van der Waals surface area contributed by atoms with Gasteiger partial charge < -0.3 is 9.84 Å². The van der Waals surface area contributed by atoms with Crippen LogP contribution >= 0.6 is 0 Å². The maximum absolute atomic E-state index is 13.8. The van der Waals surface area contributed by atoms with Crippen molar-refractivity contribution < 1.29 is 14.2 Å². The molecule has 1 unspecified atom stereocenters. The molecule has 0 aromatic heterocycles. The second-order valence-electron chi connectivity index (χ2n) is 5.25. The molecule has 2 aromatic carbocycles. The molecule has 0 heterocycles. The van der Waals surface area contributed by atoms with Crippen LogP contribution in [-0.4, -0.2) is 36.8 Å². The van der Waals surface area contributed by atoms with E-state index in [0.717, 1.165) is 5.56 Å². The molecule has 0 amide bonds. The summed E-state index contributed by atoms with van der Waals surface area (Å²) in [5, 5.41) is 10.3. The van der Waals surface area contributed by atoms with Crippen molar-refractivity contribution in [3.05, 3.63) is 71.5 Å². The highest BCUT2D eigenvalue weighted by Gasteiger charge is 2.16. The maximum atomic E-state index is 13.8. The molecule has 1 atom stereocenters. The van der Waals surface area contributed by atoms with Gasteiger partial charge in [0.05, 0.1) is 12.7 Å². The van der Waals surface area contributed by atoms with Crippen LogP contribution in [0.1, 0.15) is 17.2 Å². The van der Waals surface area contributed by atoms with Crippen LogP contribution in [0.4, 0.5) is 4.39 Å². The fraction of sp³-hybridized carbons (Fsp3) is 0.333. The number of methoxy groups -OCH3 is 1. The molecular formula is C18H22FNO2. The average Bonchev–Trinajstić information content (AvgIpc) is 2.54. The van der Waals surface area contributed by atoms with Gasteiger partial charge >= 0.3 is 0 Å². The van der Waals surface area contributed by atoms with E-state index in [4.69, 9.17) is 4.74 Å². The number of rotatable bonds is 8. The third-order valence-corrected chi connectivity index (χ3v) is 3.56. The van der Waals surface area contributed by atoms with Crippen molar-refractivity contribution in [1.82, 2.24) is 4.90 Å². The molecule has 0 aliphatic rings. The van der Waals surface area contributed by atoms with Gasteiger partial charge in [0.15, 0.2) is 0 Å². The highest BCUT2D eigenvalue weighted by atomic mass is 19.1. The summed E-state index contributed by atoms with van der Waals surface area (Å²) in [7, 11) is 1.65. The number of benzene rings is 2. The fourth-order valence-corrected chi connectivity index (χ4v) is 2.39. The molecule has 4 heteroatoms. The number of aliphatic hydroxyl groups is 1. The first-order chi connectivity index (χ1) is 10.7. The Morgan fingerprint density at radius 3 is 2.45 bits per heavy atom. The van der Waals surface area contributed by atoms with Gasteiger partial charge in [-0.3, -0.25) is 4.90 Å². The zero-order valence-corrected chi connectivity index (χ0v) is 12.8. The first-order valence-electron chi connectivity index (χ1n) is 7.38. The summed E-state index contributed by atoms with van der Waals surface area (Å²) in [6.07, 6.45) is -0.859. The van der Waals surface area contributed by atoms with Crippen molar-refractivity contribution in [2.24, 2.45) is 0 Å². The van der Waals surface area contributed by atoms with Gasteiger partial charge in [0, 0.05) is 32.3 Å². The van der Waals surface area contributed by atoms with E-state index < -0.39 is 6.10 Å². The van der Waals surface area contributed by atoms with Crippen LogP contribution in [0.5, 0.6) is 0 Å². The first kappa shape index (κ1) is 16.6. The number of halogens is 1. The van der Waals surface area contributed by atoms with E-state index in [1.807, 2.05) is 30.3 Å². The molecule has 0 radical (unpaired) electrons. The van der Waals surface area contributed by atoms with Gasteiger partial charge in [-0.2, -0.15) is 0 Å². The molecule has 0 spiro atoms. The molecule has 0 aliphatic carbocycles. The lowest BCUT2D eigenvalue weighted by Crippen LogP contribution is -2.31. The van der Waals surface area contributed by atoms with Crippen LogP contribution in [0.25, 0.3) is 0 Å². The van der Waals surface area contributed by atoms with Crippen LogP contribution in [0, 0.1) is 5.82 Å². The van der Waals surface area contributed by atoms with Gasteiger partial charge in [-0.1, -0.05) is 48.5 Å². The third-order valence-electron chi connectivity index (χ3n) is 3.56. The quantitative estimate of drug-likeness (QED) is 0.814. The van der Waals surface area contributed by atoms with Crippen LogP contribution < -0.4 is 0 Å². The molecule has 0 aliphatic heterocycles. The molecular weight excluding hydrogens is 281 g/mol. The highest BCUT2D eigenvalue weighted by Crippen LogP contribution is 2.18. The Labute approximate surface area is 131 Å². The lowest BCUT2D eigenvalue weighted by molar-refractivity contribution is 0.0831. The molecule has 2 rings (SSSR count). The summed E-state index contributed by atoms with van der Waals surface area (Å²) >= 11 is 0. The Hall–Kier alpha value is -1.75. The smallest absolute Gasteiger partial charge is 0.129 e. The Balaban J connectivity index is 2.04. The summed E-state index contributed by atoms with van der Waals surface area (Å²) < 4.78 is 18.9. The summed E-state index contributed by atoms with van der Waals surface area (Å²) in [5.41, 5.74) is 1.48. The SMILES string of the molecule is COCCN(Cc1ccccc1)CC(O)c1ccccc1F. The molecule has 1 N–H and O–H groups in total. The van der Waals surface area contributed by atoms with E-state index in [0.29, 0.717) is 31.8 Å². The fourth-order valence-electron chi connectivity index (χ4n) is 2.39. The monoisotopic (exact) mass is 303 g/mol. The predicted molar refractivity (Wildman–Crippen MR) is 85.0 cm³/mol. The number of ether oxygens (including phenoxy) is 1. The lowest BCUT2D eigenvalue weighted by Gasteiger charge is -2.25. The van der Waals surface area contributed by atoms with Crippen molar-refractivity contribution in [2.75, 3.05) is 26.8 Å². The zero-order valence-electron chi connectivity index (χ0n) is 12.8. The zero-order chi connectivity index (χ0) is 15.8. The largest absolute Gasteiger partial charge is 0.387 e. The summed E-state index contributed by atoms with van der Waals surface area (Å²) in [5.74, 6) is -0.374. The minimum absolute atomic E-state index is 0.331. The summed E-state index contributed by atoms with van der Waals surface area (Å²) in [6.45, 7) is 2.29. The second kappa shape index (κ2) is 8.63. The van der Waals surface area contributed by atoms with Crippen LogP contribution in [0.3, 0.4) is 0 Å². The minimum Gasteiger partial charge on any atom is -0.387 e. The Morgan fingerprint density at radius 1 is 1.09 bits per heavy atom. The van der Waals surface area contributed by atoms with Gasteiger partial charge in [-0.25, -0.2) is 4.39 Å². The number of hydrogen-bond donors (Lipinski definition) is 1. The first-order valence-corrected chi connectivity index (χ1v) is 7.38. The Kier molecular flexibility index (Phi) is 6.52. The Bertz CT molecular complexity index is 562. The van der Waals surface area contributed by atoms with E-state index in [-0.39, 0.29) is 5.82 Å². The van der Waals surface area contributed by atoms with Crippen molar-refractivity contribution in [3.8, 4) is 0 Å². The van der Waals surface area contributed by atoms with E-state index in [9.17, 15) is 9.50 Å². The van der Waals surface area contributed by atoms with E-state index in [1.165, 1.54) is 6.07 Å². The van der Waals surface area contributed by atoms with Crippen molar-refractivity contribution in [3.63, 3.8) is 0 Å². The highest BCUT2D eigenvalue weighted by molar-refractivity contribution is 5.20. The van der Waals surface area contributed by atoms with Crippen LogP contribution in [0.2, 0.25) is 0 Å². The van der Waals surface area contributed by atoms with Crippen LogP contribution in [0.15, 0.2) is 54.6 Å². The molecule has 0 fully saturated rings.